The number of nitrogens with one attached hydrogen (secondary N) is 2. The van der Waals surface area contributed by atoms with Crippen molar-refractivity contribution in [2.75, 3.05) is 30.4 Å². The van der Waals surface area contributed by atoms with Crippen LogP contribution in [0.1, 0.15) is 51.7 Å². The summed E-state index contributed by atoms with van der Waals surface area (Å²) in [5.74, 6) is 1.12. The Kier molecular flexibility index (Phi) is 7.70. The van der Waals surface area contributed by atoms with Crippen molar-refractivity contribution < 1.29 is 9.16 Å². The van der Waals surface area contributed by atoms with Crippen LogP contribution in [0.3, 0.4) is 0 Å². The molecule has 40 heavy (non-hydrogen) atoms. The molecule has 0 radical (unpaired) electrons. The van der Waals surface area contributed by atoms with Crippen LogP contribution in [0.4, 0.5) is 17.5 Å². The molecule has 2 N–H and O–H groups in total. The first-order valence-corrected chi connectivity index (χ1v) is 17.1. The lowest BCUT2D eigenvalue weighted by Crippen LogP contribution is -2.45. The summed E-state index contributed by atoms with van der Waals surface area (Å²) in [6.07, 6.45) is 3.88. The van der Waals surface area contributed by atoms with Crippen molar-refractivity contribution in [1.29, 1.82) is 5.26 Å². The lowest BCUT2D eigenvalue weighted by molar-refractivity contribution is 0.0945. The highest BCUT2D eigenvalue weighted by molar-refractivity contribution is 6.74. The third-order valence-electron chi connectivity index (χ3n) is 8.46. The van der Waals surface area contributed by atoms with Crippen LogP contribution < -0.4 is 10.6 Å². The molecule has 9 nitrogen and oxygen atoms in total. The van der Waals surface area contributed by atoms with Crippen molar-refractivity contribution >= 4 is 37.4 Å². The molecule has 5 rings (SSSR count). The van der Waals surface area contributed by atoms with Gasteiger partial charge in [0.05, 0.1) is 29.6 Å². The van der Waals surface area contributed by atoms with Crippen LogP contribution in [-0.2, 0) is 21.1 Å². The zero-order valence-corrected chi connectivity index (χ0v) is 25.9. The minimum atomic E-state index is -1.95. The quantitative estimate of drug-likeness (QED) is 0.291. The molecule has 0 bridgehead atoms. The van der Waals surface area contributed by atoms with E-state index in [1.807, 2.05) is 12.1 Å². The number of hydrogen-bond donors (Lipinski definition) is 2. The van der Waals surface area contributed by atoms with Crippen molar-refractivity contribution in [3.63, 3.8) is 0 Å². The monoisotopic (exact) mass is 579 g/mol. The number of hydrogen-bond acceptors (Lipinski definition) is 8. The summed E-state index contributed by atoms with van der Waals surface area (Å²) in [6, 6.07) is 10.0. The van der Waals surface area contributed by atoms with Gasteiger partial charge in [0.1, 0.15) is 11.9 Å². The van der Waals surface area contributed by atoms with Crippen LogP contribution in [0.5, 0.6) is 0 Å². The molecule has 0 amide bonds. The second-order valence-electron chi connectivity index (χ2n) is 12.6. The van der Waals surface area contributed by atoms with E-state index in [1.165, 1.54) is 0 Å². The Bertz CT molecular complexity index is 1440. The summed E-state index contributed by atoms with van der Waals surface area (Å²) in [5.41, 5.74) is 3.86. The molecule has 0 aliphatic carbocycles. The van der Waals surface area contributed by atoms with Crippen molar-refractivity contribution in [2.24, 2.45) is 0 Å². The van der Waals surface area contributed by atoms with E-state index in [1.54, 1.807) is 16.9 Å². The Morgan fingerprint density at radius 3 is 2.83 bits per heavy atom. The van der Waals surface area contributed by atoms with Gasteiger partial charge in [-0.1, -0.05) is 39.3 Å². The Balaban J connectivity index is 1.42. The first-order chi connectivity index (χ1) is 18.9. The minimum absolute atomic E-state index is 0.114. The average molecular weight is 580 g/mol. The maximum absolute atomic E-state index is 10.0. The maximum Gasteiger partial charge on any atom is 0.228 e. The number of nitriles is 1. The van der Waals surface area contributed by atoms with Gasteiger partial charge in [-0.15, -0.1) is 0 Å². The van der Waals surface area contributed by atoms with Gasteiger partial charge in [0, 0.05) is 43.0 Å². The third kappa shape index (κ3) is 5.74. The van der Waals surface area contributed by atoms with Gasteiger partial charge in [-0.2, -0.15) is 10.4 Å². The molecule has 2 atom stereocenters. The number of aromatic nitrogens is 4. The molecule has 1 saturated heterocycles. The van der Waals surface area contributed by atoms with Gasteiger partial charge < -0.3 is 19.8 Å². The van der Waals surface area contributed by atoms with E-state index in [2.05, 4.69) is 73.6 Å². The van der Waals surface area contributed by atoms with Crippen LogP contribution in [-0.4, -0.2) is 53.9 Å². The molecule has 2 aromatic heterocycles. The highest BCUT2D eigenvalue weighted by Gasteiger charge is 2.42. The fourth-order valence-electron chi connectivity index (χ4n) is 4.91. The number of ether oxygens (including phenoxy) is 1. The van der Waals surface area contributed by atoms with E-state index in [9.17, 15) is 5.26 Å². The highest BCUT2D eigenvalue weighted by atomic mass is 35.5. The minimum Gasteiger partial charge on any atom is -0.416 e. The van der Waals surface area contributed by atoms with Crippen molar-refractivity contribution in [3.05, 3.63) is 46.7 Å². The maximum atomic E-state index is 10.0. The van der Waals surface area contributed by atoms with Crippen molar-refractivity contribution in [2.45, 2.75) is 76.7 Å². The van der Waals surface area contributed by atoms with Crippen LogP contribution in [0, 0.1) is 11.3 Å². The fraction of sp³-hybridized carbons (Fsp3) is 0.517. The Morgan fingerprint density at radius 2 is 2.12 bits per heavy atom. The number of benzene rings is 1. The van der Waals surface area contributed by atoms with Crippen LogP contribution >= 0.6 is 11.6 Å². The van der Waals surface area contributed by atoms with Crippen LogP contribution in [0.15, 0.2) is 30.5 Å². The molecule has 212 valence electrons. The van der Waals surface area contributed by atoms with Crippen molar-refractivity contribution in [3.8, 4) is 17.3 Å². The molecule has 3 aromatic rings. The highest BCUT2D eigenvalue weighted by Crippen LogP contribution is 2.44. The summed E-state index contributed by atoms with van der Waals surface area (Å²) in [6.45, 7) is 16.2. The van der Waals surface area contributed by atoms with Gasteiger partial charge in [0.25, 0.3) is 0 Å². The molecule has 0 unspecified atom stereocenters. The molecule has 0 spiro atoms. The normalized spacial score (nSPS) is 20.7. The van der Waals surface area contributed by atoms with Crippen molar-refractivity contribution in [1.82, 2.24) is 19.7 Å². The number of nitrogens with zero attached hydrogens (tertiary/aromatic N) is 5. The Labute approximate surface area is 242 Å². The predicted octanol–water partition coefficient (Wildman–Crippen LogP) is 6.49. The van der Waals surface area contributed by atoms with E-state index >= 15 is 0 Å². The first-order valence-electron chi connectivity index (χ1n) is 13.8. The largest absolute Gasteiger partial charge is 0.416 e. The lowest BCUT2D eigenvalue weighted by Gasteiger charge is -2.39. The Hall–Kier alpha value is -2.97. The summed E-state index contributed by atoms with van der Waals surface area (Å²) in [5, 5.41) is 21.7. The number of rotatable bonds is 8. The molecule has 0 saturated carbocycles. The fourth-order valence-corrected chi connectivity index (χ4v) is 6.22. The van der Waals surface area contributed by atoms with E-state index in [0.717, 1.165) is 36.3 Å². The van der Waals surface area contributed by atoms with Crippen LogP contribution in [0.2, 0.25) is 23.3 Å². The van der Waals surface area contributed by atoms with Gasteiger partial charge in [-0.3, -0.25) is 0 Å². The molecule has 1 fully saturated rings. The molecule has 11 heteroatoms. The molecule has 2 aliphatic heterocycles. The molecular formula is C29H38ClN7O2Si. The smallest absolute Gasteiger partial charge is 0.228 e. The first kappa shape index (κ1) is 28.6. The average Bonchev–Trinajstić information content (AvgIpc) is 3.62. The summed E-state index contributed by atoms with van der Waals surface area (Å²) in [7, 11) is -1.95. The van der Waals surface area contributed by atoms with Gasteiger partial charge in [0.15, 0.2) is 13.5 Å². The zero-order valence-electron chi connectivity index (χ0n) is 24.1. The molecule has 1 aromatic carbocycles. The van der Waals surface area contributed by atoms with E-state index in [4.69, 9.17) is 25.7 Å². The topological polar surface area (TPSA) is 110 Å². The molecule has 2 aliphatic rings. The van der Waals surface area contributed by atoms with Gasteiger partial charge in [0.2, 0.25) is 5.95 Å². The zero-order chi connectivity index (χ0) is 28.7. The summed E-state index contributed by atoms with van der Waals surface area (Å²) in [4.78, 5) is 9.23. The predicted molar refractivity (Wildman–Crippen MR) is 161 cm³/mol. The summed E-state index contributed by atoms with van der Waals surface area (Å²) < 4.78 is 14.2. The number of fused-ring (bicyclic) bond motifs is 1. The van der Waals surface area contributed by atoms with E-state index in [-0.39, 0.29) is 16.6 Å². The number of anilines is 3. The summed E-state index contributed by atoms with van der Waals surface area (Å²) >= 11 is 6.24. The van der Waals surface area contributed by atoms with E-state index < -0.39 is 8.32 Å². The number of halogens is 1. The second kappa shape index (κ2) is 10.8. The second-order valence-corrected chi connectivity index (χ2v) is 17.8. The van der Waals surface area contributed by atoms with Gasteiger partial charge in [-0.25, -0.2) is 14.6 Å². The van der Waals surface area contributed by atoms with Crippen LogP contribution in [0.25, 0.3) is 11.3 Å². The van der Waals surface area contributed by atoms with E-state index in [0.29, 0.717) is 47.9 Å². The van der Waals surface area contributed by atoms with Gasteiger partial charge >= 0.3 is 0 Å². The van der Waals surface area contributed by atoms with Gasteiger partial charge in [-0.05, 0) is 54.7 Å². The third-order valence-corrected chi connectivity index (χ3v) is 13.1. The Morgan fingerprint density at radius 1 is 1.32 bits per heavy atom. The SMILES string of the molecule is CC(C)(C)[Si](C)(C)OC[C@@]1(C)CNc2c(C#N)cc(-c3ccnc(Nc4cc(Cl)nn4C[C@H]4CCCO4)n3)cc21. The molecular weight excluding hydrogens is 542 g/mol. The lowest BCUT2D eigenvalue weighted by atomic mass is 9.83. The molecule has 4 heterocycles. The standard InChI is InChI=1S/C29H38ClN7O2Si/c1-28(2,3)40(5,6)39-18-29(4)17-33-26-20(15-31)12-19(13-22(26)29)23-9-10-32-27(34-23)35-25-14-24(30)36-37(25)16-21-8-7-11-38-21/h9-10,12-14,21,33H,7-8,11,16-18H2,1-6H3,(H,32,34,35)/t21-,29-/m1/s1.